The third-order valence-electron chi connectivity index (χ3n) is 5.34. The lowest BCUT2D eigenvalue weighted by atomic mass is 9.89. The molecule has 2 aromatic carbocycles. The van der Waals surface area contributed by atoms with E-state index >= 15 is 0 Å². The van der Waals surface area contributed by atoms with Crippen LogP contribution in [0.1, 0.15) is 42.6 Å². The van der Waals surface area contributed by atoms with Gasteiger partial charge in [0.25, 0.3) is 0 Å². The Morgan fingerprint density at radius 3 is 2.82 bits per heavy atom. The molecule has 2 atom stereocenters. The van der Waals surface area contributed by atoms with Gasteiger partial charge in [0.05, 0.1) is 25.9 Å². The number of rotatable bonds is 9. The molecule has 0 saturated carbocycles. The van der Waals surface area contributed by atoms with Gasteiger partial charge in [0.1, 0.15) is 0 Å². The number of aliphatic hydroxyl groups is 1. The monoisotopic (exact) mass is 387 g/mol. The van der Waals surface area contributed by atoms with Gasteiger partial charge in [0.15, 0.2) is 11.6 Å². The van der Waals surface area contributed by atoms with Crippen molar-refractivity contribution in [1.82, 2.24) is 4.90 Å². The number of aliphatic hydroxyl groups excluding tert-OH is 1. The minimum Gasteiger partial charge on any atom is -0.494 e. The van der Waals surface area contributed by atoms with E-state index in [1.165, 1.54) is 24.3 Å². The van der Waals surface area contributed by atoms with E-state index in [-0.39, 0.29) is 17.7 Å². The molecule has 0 bridgehead atoms. The highest BCUT2D eigenvalue weighted by molar-refractivity contribution is 5.31. The third-order valence-corrected chi connectivity index (χ3v) is 5.34. The van der Waals surface area contributed by atoms with Crippen molar-refractivity contribution in [2.75, 3.05) is 26.8 Å². The molecule has 4 nitrogen and oxygen atoms in total. The summed E-state index contributed by atoms with van der Waals surface area (Å²) in [5.74, 6) is -0.121. The van der Waals surface area contributed by atoms with Gasteiger partial charge < -0.3 is 14.6 Å². The molecule has 1 aliphatic carbocycles. The second-order valence-corrected chi connectivity index (χ2v) is 7.36. The molecule has 28 heavy (non-hydrogen) atoms. The number of hydrogen-bond acceptors (Lipinski definition) is 4. The maximum absolute atomic E-state index is 13.9. The van der Waals surface area contributed by atoms with Gasteiger partial charge in [-0.1, -0.05) is 37.3 Å². The number of halogens is 1. The molecule has 2 aromatic rings. The average molecular weight is 387 g/mol. The van der Waals surface area contributed by atoms with Crippen molar-refractivity contribution in [3.8, 4) is 5.75 Å². The first-order valence-electron chi connectivity index (χ1n) is 10.0. The quantitative estimate of drug-likeness (QED) is 0.703. The summed E-state index contributed by atoms with van der Waals surface area (Å²) in [6.07, 6.45) is 2.68. The van der Waals surface area contributed by atoms with E-state index in [0.29, 0.717) is 19.7 Å². The zero-order chi connectivity index (χ0) is 19.9. The Kier molecular flexibility index (Phi) is 7.43. The van der Waals surface area contributed by atoms with Gasteiger partial charge in [-0.3, -0.25) is 4.90 Å². The fourth-order valence-corrected chi connectivity index (χ4v) is 3.83. The standard InChI is InChI=1S/C23H30FNO3/c1-3-25(14-17-11-12-23(27-2)21(24)13-17)15-19(26)16-28-22-10-6-8-18-7-4-5-9-20(18)22/h4-5,7,9,11-13,19,22,26H,3,6,8,10,14-16H2,1-2H3/t19-,22+/m1/s1. The topological polar surface area (TPSA) is 41.9 Å². The second-order valence-electron chi connectivity index (χ2n) is 7.36. The molecule has 152 valence electrons. The number of nitrogens with zero attached hydrogens (tertiary/aromatic N) is 1. The van der Waals surface area contributed by atoms with Crippen molar-refractivity contribution in [3.63, 3.8) is 0 Å². The maximum atomic E-state index is 13.9. The van der Waals surface area contributed by atoms with Crippen LogP contribution >= 0.6 is 0 Å². The number of benzene rings is 2. The molecular weight excluding hydrogens is 357 g/mol. The first kappa shape index (κ1) is 20.8. The Labute approximate surface area is 166 Å². The Balaban J connectivity index is 1.52. The Hall–Kier alpha value is -1.95. The fraction of sp³-hybridized carbons (Fsp3) is 0.478. The number of hydrogen-bond donors (Lipinski definition) is 1. The first-order chi connectivity index (χ1) is 13.6. The molecule has 1 N–H and O–H groups in total. The van der Waals surface area contributed by atoms with Crippen LogP contribution < -0.4 is 4.74 Å². The first-order valence-corrected chi connectivity index (χ1v) is 10.0. The lowest BCUT2D eigenvalue weighted by Gasteiger charge is -2.28. The smallest absolute Gasteiger partial charge is 0.165 e. The van der Waals surface area contributed by atoms with Crippen molar-refractivity contribution in [1.29, 1.82) is 0 Å². The number of ether oxygens (including phenoxy) is 2. The molecule has 0 radical (unpaired) electrons. The molecule has 0 amide bonds. The lowest BCUT2D eigenvalue weighted by molar-refractivity contribution is -0.0284. The third kappa shape index (κ3) is 5.31. The summed E-state index contributed by atoms with van der Waals surface area (Å²) in [4.78, 5) is 2.09. The van der Waals surface area contributed by atoms with Crippen LogP contribution in [0.3, 0.4) is 0 Å². The van der Waals surface area contributed by atoms with Crippen LogP contribution in [-0.4, -0.2) is 42.9 Å². The predicted molar refractivity (Wildman–Crippen MR) is 108 cm³/mol. The number of aryl methyl sites for hydroxylation is 1. The van der Waals surface area contributed by atoms with Crippen molar-refractivity contribution in [3.05, 3.63) is 65.0 Å². The van der Waals surface area contributed by atoms with E-state index in [1.807, 2.05) is 19.1 Å². The van der Waals surface area contributed by atoms with Crippen LogP contribution in [-0.2, 0) is 17.7 Å². The second kappa shape index (κ2) is 10.0. The fourth-order valence-electron chi connectivity index (χ4n) is 3.83. The van der Waals surface area contributed by atoms with E-state index in [2.05, 4.69) is 23.1 Å². The SMILES string of the molecule is CCN(Cc1ccc(OC)c(F)c1)C[C@@H](O)CO[C@H]1CCCc2ccccc21. The normalized spacial score (nSPS) is 17.4. The van der Waals surface area contributed by atoms with E-state index in [9.17, 15) is 9.50 Å². The molecule has 5 heteroatoms. The van der Waals surface area contributed by atoms with Crippen LogP contribution in [0.2, 0.25) is 0 Å². The maximum Gasteiger partial charge on any atom is 0.165 e. The van der Waals surface area contributed by atoms with Gasteiger partial charge in [-0.15, -0.1) is 0 Å². The van der Waals surface area contributed by atoms with Crippen LogP contribution in [0.4, 0.5) is 4.39 Å². The molecule has 0 aromatic heterocycles. The highest BCUT2D eigenvalue weighted by atomic mass is 19.1. The highest BCUT2D eigenvalue weighted by Crippen LogP contribution is 2.32. The van der Waals surface area contributed by atoms with E-state index in [4.69, 9.17) is 9.47 Å². The number of likely N-dealkylation sites (N-methyl/N-ethyl adjacent to an activating group) is 1. The van der Waals surface area contributed by atoms with Crippen LogP contribution in [0.15, 0.2) is 42.5 Å². The van der Waals surface area contributed by atoms with Crippen molar-refractivity contribution < 1.29 is 19.0 Å². The van der Waals surface area contributed by atoms with Gasteiger partial charge in [-0.25, -0.2) is 4.39 Å². The minimum atomic E-state index is -0.586. The summed E-state index contributed by atoms with van der Waals surface area (Å²) in [5, 5.41) is 10.5. The Bertz CT molecular complexity index is 767. The Morgan fingerprint density at radius 2 is 2.07 bits per heavy atom. The summed E-state index contributed by atoms with van der Waals surface area (Å²) in [7, 11) is 1.46. The Morgan fingerprint density at radius 1 is 1.25 bits per heavy atom. The van der Waals surface area contributed by atoms with Gasteiger partial charge in [-0.2, -0.15) is 0 Å². The summed E-state index contributed by atoms with van der Waals surface area (Å²) in [6.45, 7) is 4.15. The molecule has 1 aliphatic rings. The van der Waals surface area contributed by atoms with Crippen LogP contribution in [0.5, 0.6) is 5.75 Å². The lowest BCUT2D eigenvalue weighted by Crippen LogP contribution is -2.35. The summed E-state index contributed by atoms with van der Waals surface area (Å²) >= 11 is 0. The zero-order valence-electron chi connectivity index (χ0n) is 16.7. The van der Waals surface area contributed by atoms with E-state index in [1.54, 1.807) is 6.07 Å². The molecule has 3 rings (SSSR count). The molecular formula is C23H30FNO3. The van der Waals surface area contributed by atoms with Gasteiger partial charge in [0, 0.05) is 13.1 Å². The molecule has 0 spiro atoms. The minimum absolute atomic E-state index is 0.0605. The highest BCUT2D eigenvalue weighted by Gasteiger charge is 2.22. The molecule has 0 unspecified atom stereocenters. The zero-order valence-corrected chi connectivity index (χ0v) is 16.7. The van der Waals surface area contributed by atoms with Crippen LogP contribution in [0, 0.1) is 5.82 Å². The molecule has 0 heterocycles. The molecule has 0 fully saturated rings. The van der Waals surface area contributed by atoms with Crippen molar-refractivity contribution in [2.24, 2.45) is 0 Å². The van der Waals surface area contributed by atoms with Gasteiger partial charge in [0.2, 0.25) is 0 Å². The summed E-state index contributed by atoms with van der Waals surface area (Å²) < 4.78 is 24.9. The van der Waals surface area contributed by atoms with Crippen molar-refractivity contribution >= 4 is 0 Å². The van der Waals surface area contributed by atoms with E-state index < -0.39 is 6.10 Å². The van der Waals surface area contributed by atoms with Crippen LogP contribution in [0.25, 0.3) is 0 Å². The largest absolute Gasteiger partial charge is 0.494 e. The number of fused-ring (bicyclic) bond motifs is 1. The van der Waals surface area contributed by atoms with Gasteiger partial charge >= 0.3 is 0 Å². The van der Waals surface area contributed by atoms with E-state index in [0.717, 1.165) is 31.4 Å². The van der Waals surface area contributed by atoms with Gasteiger partial charge in [-0.05, 0) is 54.6 Å². The predicted octanol–water partition coefficient (Wildman–Crippen LogP) is 4.11. The molecule has 0 saturated heterocycles. The van der Waals surface area contributed by atoms with Crippen molar-refractivity contribution in [2.45, 2.75) is 44.9 Å². The molecule has 0 aliphatic heterocycles. The average Bonchev–Trinajstić information content (AvgIpc) is 2.72. The summed E-state index contributed by atoms with van der Waals surface area (Å²) in [5.41, 5.74) is 3.46. The number of methoxy groups -OCH3 is 1. The summed E-state index contributed by atoms with van der Waals surface area (Å²) in [6, 6.07) is 13.4.